The van der Waals surface area contributed by atoms with Gasteiger partial charge in [-0.1, -0.05) is 11.8 Å². The lowest BCUT2D eigenvalue weighted by Crippen LogP contribution is -2.04. The SMILES string of the molecule is Fc1ccc(-n2ncc3c(SCc4nnnn4-c4ccc(OC(F)F)cc4)ncnc32)cc1. The van der Waals surface area contributed by atoms with Crippen LogP contribution in [0.25, 0.3) is 22.4 Å². The predicted octanol–water partition coefficient (Wildman–Crippen LogP) is 3.82. The highest BCUT2D eigenvalue weighted by atomic mass is 32.2. The smallest absolute Gasteiger partial charge is 0.387 e. The zero-order chi connectivity index (χ0) is 22.8. The van der Waals surface area contributed by atoms with Gasteiger partial charge in [0, 0.05) is 0 Å². The highest BCUT2D eigenvalue weighted by Gasteiger charge is 2.15. The van der Waals surface area contributed by atoms with Crippen LogP contribution < -0.4 is 4.74 Å². The maximum absolute atomic E-state index is 13.3. The van der Waals surface area contributed by atoms with Crippen LogP contribution in [-0.4, -0.2) is 46.6 Å². The Morgan fingerprint density at radius 2 is 1.67 bits per heavy atom. The van der Waals surface area contributed by atoms with Crippen LogP contribution in [-0.2, 0) is 5.75 Å². The summed E-state index contributed by atoms with van der Waals surface area (Å²) < 4.78 is 45.4. The minimum atomic E-state index is -2.90. The molecule has 2 aromatic carbocycles. The van der Waals surface area contributed by atoms with Crippen molar-refractivity contribution < 1.29 is 17.9 Å². The van der Waals surface area contributed by atoms with Crippen molar-refractivity contribution in [3.8, 4) is 17.1 Å². The minimum absolute atomic E-state index is 0.0410. The zero-order valence-corrected chi connectivity index (χ0v) is 17.4. The second-order valence-corrected chi connectivity index (χ2v) is 7.58. The fourth-order valence-corrected chi connectivity index (χ4v) is 3.97. The number of rotatable bonds is 7. The van der Waals surface area contributed by atoms with Crippen LogP contribution in [0.5, 0.6) is 5.75 Å². The first-order chi connectivity index (χ1) is 16.1. The predicted molar refractivity (Wildman–Crippen MR) is 112 cm³/mol. The van der Waals surface area contributed by atoms with Crippen molar-refractivity contribution in [1.29, 1.82) is 0 Å². The number of thioether (sulfide) groups is 1. The van der Waals surface area contributed by atoms with Crippen LogP contribution in [0.2, 0.25) is 0 Å². The number of halogens is 3. The van der Waals surface area contributed by atoms with Crippen molar-refractivity contribution in [3.05, 3.63) is 72.7 Å². The second kappa shape index (κ2) is 8.86. The molecule has 0 radical (unpaired) electrons. The highest BCUT2D eigenvalue weighted by Crippen LogP contribution is 2.28. The Morgan fingerprint density at radius 1 is 0.939 bits per heavy atom. The summed E-state index contributed by atoms with van der Waals surface area (Å²) in [5.74, 6) is 0.602. The number of hydrogen-bond donors (Lipinski definition) is 0. The summed E-state index contributed by atoms with van der Waals surface area (Å²) in [7, 11) is 0. The molecule has 13 heteroatoms. The van der Waals surface area contributed by atoms with E-state index in [0.717, 1.165) is 5.39 Å². The summed E-state index contributed by atoms with van der Waals surface area (Å²) in [6.07, 6.45) is 3.07. The van der Waals surface area contributed by atoms with E-state index >= 15 is 0 Å². The van der Waals surface area contributed by atoms with E-state index < -0.39 is 6.61 Å². The van der Waals surface area contributed by atoms with E-state index in [1.165, 1.54) is 47.0 Å². The molecular weight excluding hydrogens is 457 g/mol. The fourth-order valence-electron chi connectivity index (χ4n) is 3.11. The van der Waals surface area contributed by atoms with Gasteiger partial charge in [-0.25, -0.2) is 19.0 Å². The standard InChI is InChI=1S/C20H13F3N8OS/c21-12-1-3-14(4-2-12)31-18-16(9-26-31)19(25-11-24-18)33-10-17-27-28-29-30(17)13-5-7-15(8-6-13)32-20(22)23/h1-9,11,20H,10H2. The molecule has 5 aromatic rings. The molecule has 3 aromatic heterocycles. The monoisotopic (exact) mass is 470 g/mol. The van der Waals surface area contributed by atoms with E-state index in [2.05, 4.69) is 35.3 Å². The summed E-state index contributed by atoms with van der Waals surface area (Å²) >= 11 is 1.39. The minimum Gasteiger partial charge on any atom is -0.435 e. The highest BCUT2D eigenvalue weighted by molar-refractivity contribution is 7.98. The maximum atomic E-state index is 13.3. The molecule has 33 heavy (non-hydrogen) atoms. The Bertz CT molecular complexity index is 1390. The van der Waals surface area contributed by atoms with Crippen LogP contribution in [0, 0.1) is 5.82 Å². The summed E-state index contributed by atoms with van der Waals surface area (Å²) in [4.78, 5) is 8.65. The lowest BCUT2D eigenvalue weighted by Gasteiger charge is -2.07. The second-order valence-electron chi connectivity index (χ2n) is 6.62. The Hall–Kier alpha value is -4.00. The van der Waals surface area contributed by atoms with Crippen molar-refractivity contribution in [2.24, 2.45) is 0 Å². The molecule has 0 saturated carbocycles. The van der Waals surface area contributed by atoms with Gasteiger partial charge in [-0.05, 0) is 59.0 Å². The van der Waals surface area contributed by atoms with Gasteiger partial charge in [0.1, 0.15) is 22.9 Å². The first-order valence-electron chi connectivity index (χ1n) is 9.48. The molecule has 0 fully saturated rings. The third kappa shape index (κ3) is 4.35. The van der Waals surface area contributed by atoms with Crippen LogP contribution in [0.4, 0.5) is 13.2 Å². The van der Waals surface area contributed by atoms with E-state index in [0.29, 0.717) is 33.6 Å². The Kier molecular flexibility index (Phi) is 5.60. The van der Waals surface area contributed by atoms with Crippen LogP contribution in [0.15, 0.2) is 66.1 Å². The molecule has 0 bridgehead atoms. The molecule has 0 unspecified atom stereocenters. The van der Waals surface area contributed by atoms with Gasteiger partial charge >= 0.3 is 6.61 Å². The molecule has 0 amide bonds. The first-order valence-corrected chi connectivity index (χ1v) is 10.5. The largest absolute Gasteiger partial charge is 0.435 e. The van der Waals surface area contributed by atoms with Crippen LogP contribution in [0.3, 0.4) is 0 Å². The van der Waals surface area contributed by atoms with Gasteiger partial charge in [-0.2, -0.15) is 18.6 Å². The third-order valence-corrected chi connectivity index (χ3v) is 5.58. The summed E-state index contributed by atoms with van der Waals surface area (Å²) in [6, 6.07) is 11.9. The molecule has 0 atom stereocenters. The van der Waals surface area contributed by atoms with E-state index in [9.17, 15) is 13.2 Å². The molecule has 0 aliphatic rings. The molecule has 0 saturated heterocycles. The quantitative estimate of drug-likeness (QED) is 0.262. The average molecular weight is 470 g/mol. The van der Waals surface area contributed by atoms with Gasteiger partial charge in [0.15, 0.2) is 11.5 Å². The normalized spacial score (nSPS) is 11.4. The molecule has 0 spiro atoms. The van der Waals surface area contributed by atoms with Crippen molar-refractivity contribution in [2.45, 2.75) is 17.4 Å². The summed E-state index contributed by atoms with van der Waals surface area (Å²) in [5, 5.41) is 17.5. The Labute approximate surface area is 188 Å². The van der Waals surface area contributed by atoms with Crippen molar-refractivity contribution >= 4 is 22.8 Å². The van der Waals surface area contributed by atoms with E-state index in [1.807, 2.05) is 0 Å². The topological polar surface area (TPSA) is 96.4 Å². The van der Waals surface area contributed by atoms with Gasteiger partial charge < -0.3 is 4.74 Å². The maximum Gasteiger partial charge on any atom is 0.387 e. The Balaban J connectivity index is 1.37. The zero-order valence-electron chi connectivity index (χ0n) is 16.6. The summed E-state index contributed by atoms with van der Waals surface area (Å²) in [5.41, 5.74) is 1.84. The van der Waals surface area contributed by atoms with Gasteiger partial charge in [0.2, 0.25) is 0 Å². The van der Waals surface area contributed by atoms with Crippen LogP contribution >= 0.6 is 11.8 Å². The number of fused-ring (bicyclic) bond motifs is 1. The van der Waals surface area contributed by atoms with Gasteiger partial charge in [-0.15, -0.1) is 5.10 Å². The lowest BCUT2D eigenvalue weighted by molar-refractivity contribution is -0.0498. The molecule has 0 N–H and O–H groups in total. The molecular formula is C20H13F3N8OS. The third-order valence-electron chi connectivity index (χ3n) is 4.58. The number of nitrogens with zero attached hydrogens (tertiary/aromatic N) is 8. The number of alkyl halides is 2. The van der Waals surface area contributed by atoms with E-state index in [1.54, 1.807) is 35.1 Å². The van der Waals surface area contributed by atoms with E-state index in [4.69, 9.17) is 0 Å². The lowest BCUT2D eigenvalue weighted by atomic mass is 10.3. The Morgan fingerprint density at radius 3 is 2.42 bits per heavy atom. The number of benzene rings is 2. The number of ether oxygens (including phenoxy) is 1. The fraction of sp³-hybridized carbons (Fsp3) is 0.100. The van der Waals surface area contributed by atoms with Gasteiger partial charge in [0.25, 0.3) is 0 Å². The molecule has 0 aliphatic heterocycles. The van der Waals surface area contributed by atoms with Gasteiger partial charge in [-0.3, -0.25) is 0 Å². The van der Waals surface area contributed by atoms with Crippen molar-refractivity contribution in [2.75, 3.05) is 0 Å². The molecule has 9 nitrogen and oxygen atoms in total. The van der Waals surface area contributed by atoms with E-state index in [-0.39, 0.29) is 11.6 Å². The van der Waals surface area contributed by atoms with Crippen LogP contribution in [0.1, 0.15) is 5.82 Å². The number of aromatic nitrogens is 8. The number of hydrogen-bond acceptors (Lipinski definition) is 8. The molecule has 3 heterocycles. The summed E-state index contributed by atoms with van der Waals surface area (Å²) in [6.45, 7) is -2.90. The van der Waals surface area contributed by atoms with Crippen molar-refractivity contribution in [3.63, 3.8) is 0 Å². The van der Waals surface area contributed by atoms with Crippen molar-refractivity contribution in [1.82, 2.24) is 40.0 Å². The number of tetrazole rings is 1. The molecule has 0 aliphatic carbocycles. The molecule has 5 rings (SSSR count). The van der Waals surface area contributed by atoms with Gasteiger partial charge in [0.05, 0.1) is 28.7 Å². The molecule has 166 valence electrons. The average Bonchev–Trinajstić information content (AvgIpc) is 3.46. The first kappa shape index (κ1) is 20.9.